The third kappa shape index (κ3) is 3.06. The fourth-order valence-corrected chi connectivity index (χ4v) is 6.13. The van der Waals surface area contributed by atoms with E-state index >= 15 is 0 Å². The number of fused-ring (bicyclic) bond motifs is 4. The highest BCUT2D eigenvalue weighted by Gasteiger charge is 2.23. The Morgan fingerprint density at radius 3 is 3.00 bits per heavy atom. The molecule has 0 radical (unpaired) electrons. The maximum absolute atomic E-state index is 12.6. The molecule has 6 nitrogen and oxygen atoms in total. The molecule has 150 valence electrons. The minimum absolute atomic E-state index is 0.138. The first-order chi connectivity index (χ1) is 14.6. The predicted molar refractivity (Wildman–Crippen MR) is 120 cm³/mol. The van der Waals surface area contributed by atoms with Crippen LogP contribution in [0.25, 0.3) is 16.6 Å². The van der Waals surface area contributed by atoms with E-state index in [4.69, 9.17) is 0 Å². The van der Waals surface area contributed by atoms with E-state index in [1.165, 1.54) is 28.0 Å². The maximum Gasteiger partial charge on any atom is 0.235 e. The summed E-state index contributed by atoms with van der Waals surface area (Å²) in [7, 11) is 0. The molecule has 1 aromatic carbocycles. The van der Waals surface area contributed by atoms with Crippen molar-refractivity contribution in [3.8, 4) is 6.07 Å². The van der Waals surface area contributed by atoms with Crippen LogP contribution < -0.4 is 5.32 Å². The van der Waals surface area contributed by atoms with Crippen molar-refractivity contribution in [2.24, 2.45) is 0 Å². The summed E-state index contributed by atoms with van der Waals surface area (Å²) >= 11 is 2.89. The lowest BCUT2D eigenvalue weighted by Crippen LogP contribution is -2.14. The summed E-state index contributed by atoms with van der Waals surface area (Å²) in [5.41, 5.74) is 5.89. The number of aromatic nitrogens is 3. The van der Waals surface area contributed by atoms with Gasteiger partial charge in [0.05, 0.1) is 16.8 Å². The topological polar surface area (TPSA) is 83.1 Å². The van der Waals surface area contributed by atoms with Gasteiger partial charge in [-0.3, -0.25) is 9.20 Å². The predicted octanol–water partition coefficient (Wildman–Crippen LogP) is 4.65. The first-order valence-electron chi connectivity index (χ1n) is 9.78. The van der Waals surface area contributed by atoms with Crippen LogP contribution in [0.4, 0.5) is 5.00 Å². The molecule has 0 aliphatic heterocycles. The van der Waals surface area contributed by atoms with Gasteiger partial charge in [-0.05, 0) is 55.9 Å². The zero-order valence-corrected chi connectivity index (χ0v) is 18.3. The van der Waals surface area contributed by atoms with Crippen molar-refractivity contribution < 1.29 is 4.79 Å². The number of hydrogen-bond acceptors (Lipinski definition) is 6. The van der Waals surface area contributed by atoms with Crippen molar-refractivity contribution in [3.05, 3.63) is 51.4 Å². The quantitative estimate of drug-likeness (QED) is 0.474. The van der Waals surface area contributed by atoms with Gasteiger partial charge in [-0.1, -0.05) is 30.0 Å². The van der Waals surface area contributed by atoms with Gasteiger partial charge in [0.25, 0.3) is 0 Å². The Morgan fingerprint density at radius 1 is 1.30 bits per heavy atom. The number of hydrogen-bond donors (Lipinski definition) is 1. The second kappa shape index (κ2) is 7.42. The molecule has 5 rings (SSSR count). The molecule has 0 bridgehead atoms. The summed E-state index contributed by atoms with van der Waals surface area (Å²) in [5.74, 6) is 0.0662. The van der Waals surface area contributed by atoms with Gasteiger partial charge in [-0.15, -0.1) is 21.5 Å². The number of thioether (sulfide) groups is 1. The van der Waals surface area contributed by atoms with Gasteiger partial charge in [0, 0.05) is 10.3 Å². The van der Waals surface area contributed by atoms with Crippen molar-refractivity contribution in [2.45, 2.75) is 38.3 Å². The average molecular weight is 434 g/mol. The molecule has 0 saturated heterocycles. The number of carbonyl (C=O) groups excluding carboxylic acids is 1. The highest BCUT2D eigenvalue weighted by Crippen LogP contribution is 2.38. The molecular weight excluding hydrogens is 414 g/mol. The molecule has 3 aromatic heterocycles. The van der Waals surface area contributed by atoms with Crippen LogP contribution in [-0.2, 0) is 17.6 Å². The van der Waals surface area contributed by atoms with E-state index in [0.29, 0.717) is 15.7 Å². The summed E-state index contributed by atoms with van der Waals surface area (Å²) in [4.78, 5) is 13.9. The van der Waals surface area contributed by atoms with E-state index in [0.717, 1.165) is 52.5 Å². The third-order valence-corrected chi connectivity index (χ3v) is 7.64. The molecule has 0 fully saturated rings. The van der Waals surface area contributed by atoms with Gasteiger partial charge >= 0.3 is 0 Å². The number of anilines is 1. The highest BCUT2D eigenvalue weighted by atomic mass is 32.2. The molecular formula is C22H19N5OS2. The van der Waals surface area contributed by atoms with Gasteiger partial charge in [-0.25, -0.2) is 0 Å². The van der Waals surface area contributed by atoms with Gasteiger partial charge in [-0.2, -0.15) is 5.26 Å². The molecule has 1 aliphatic rings. The Balaban J connectivity index is 1.41. The van der Waals surface area contributed by atoms with Crippen LogP contribution in [0, 0.1) is 25.2 Å². The van der Waals surface area contributed by atoms with Gasteiger partial charge in [0.15, 0.2) is 10.8 Å². The lowest BCUT2D eigenvalue weighted by molar-refractivity contribution is -0.113. The number of carbonyl (C=O) groups is 1. The number of aryl methyl sites for hydroxylation is 3. The van der Waals surface area contributed by atoms with Crippen LogP contribution in [-0.4, -0.2) is 26.3 Å². The van der Waals surface area contributed by atoms with Crippen molar-refractivity contribution >= 4 is 50.6 Å². The molecule has 0 spiro atoms. The fourth-order valence-electron chi connectivity index (χ4n) is 4.13. The Labute approximate surface area is 181 Å². The average Bonchev–Trinajstić information content (AvgIpc) is 3.41. The lowest BCUT2D eigenvalue weighted by Gasteiger charge is -2.10. The van der Waals surface area contributed by atoms with Gasteiger partial charge in [0.1, 0.15) is 11.1 Å². The number of nitriles is 1. The van der Waals surface area contributed by atoms with E-state index < -0.39 is 0 Å². The van der Waals surface area contributed by atoms with Crippen molar-refractivity contribution in [3.63, 3.8) is 0 Å². The lowest BCUT2D eigenvalue weighted by atomic mass is 10.1. The van der Waals surface area contributed by atoms with Crippen LogP contribution in [0.2, 0.25) is 0 Å². The van der Waals surface area contributed by atoms with Crippen LogP contribution in [0.1, 0.15) is 33.6 Å². The molecule has 0 atom stereocenters. The standard InChI is InChI=1S/C22H19N5OS2/c1-12-5-3-6-14-13(2)9-18-25-26-22(27(18)20(12)14)29-11-19(28)24-21-16(10-23)15-7-4-8-17(15)30-21/h3,5-6,9H,4,7-8,11H2,1-2H3,(H,24,28). The fraction of sp³-hybridized carbons (Fsp3) is 0.273. The summed E-state index contributed by atoms with van der Waals surface area (Å²) in [5, 5.41) is 23.6. The molecule has 30 heavy (non-hydrogen) atoms. The van der Waals surface area contributed by atoms with E-state index in [1.807, 2.05) is 16.5 Å². The molecule has 3 heterocycles. The van der Waals surface area contributed by atoms with Crippen LogP contribution in [0.5, 0.6) is 0 Å². The normalized spacial score (nSPS) is 13.0. The molecule has 8 heteroatoms. The first kappa shape index (κ1) is 19.1. The van der Waals surface area contributed by atoms with E-state index in [9.17, 15) is 10.1 Å². The summed E-state index contributed by atoms with van der Waals surface area (Å²) in [6.07, 6.45) is 3.01. The Morgan fingerprint density at radius 2 is 2.17 bits per heavy atom. The SMILES string of the molecule is Cc1cc2nnc(SCC(=O)Nc3sc4c(c3C#N)CCC4)n2c2c(C)cccc12. The number of thiophene rings is 1. The second-order valence-electron chi connectivity index (χ2n) is 7.48. The highest BCUT2D eigenvalue weighted by molar-refractivity contribution is 7.99. The Kier molecular flexibility index (Phi) is 4.72. The van der Waals surface area contributed by atoms with Crippen molar-refractivity contribution in [1.82, 2.24) is 14.6 Å². The summed E-state index contributed by atoms with van der Waals surface area (Å²) in [6, 6.07) is 10.5. The Bertz CT molecular complexity index is 1360. The number of benzene rings is 1. The smallest absolute Gasteiger partial charge is 0.235 e. The molecule has 0 saturated carbocycles. The minimum atomic E-state index is -0.138. The Hall–Kier alpha value is -2.89. The van der Waals surface area contributed by atoms with Crippen LogP contribution >= 0.6 is 23.1 Å². The second-order valence-corrected chi connectivity index (χ2v) is 9.53. The largest absolute Gasteiger partial charge is 0.316 e. The van der Waals surface area contributed by atoms with Crippen molar-refractivity contribution in [2.75, 3.05) is 11.1 Å². The molecule has 1 N–H and O–H groups in total. The molecule has 1 aliphatic carbocycles. The van der Waals surface area contributed by atoms with E-state index in [1.54, 1.807) is 0 Å². The van der Waals surface area contributed by atoms with Gasteiger partial charge < -0.3 is 5.32 Å². The zero-order chi connectivity index (χ0) is 20.8. The van der Waals surface area contributed by atoms with Crippen LogP contribution in [0.15, 0.2) is 29.4 Å². The number of rotatable bonds is 4. The molecule has 4 aromatic rings. The maximum atomic E-state index is 12.6. The molecule has 0 unspecified atom stereocenters. The monoisotopic (exact) mass is 433 g/mol. The minimum Gasteiger partial charge on any atom is -0.316 e. The number of para-hydroxylation sites is 1. The first-order valence-corrected chi connectivity index (χ1v) is 11.6. The number of amides is 1. The van der Waals surface area contributed by atoms with Crippen molar-refractivity contribution in [1.29, 1.82) is 5.26 Å². The summed E-state index contributed by atoms with van der Waals surface area (Å²) in [6.45, 7) is 4.14. The molecule has 1 amide bonds. The number of nitrogens with one attached hydrogen (secondary N) is 1. The van der Waals surface area contributed by atoms with Gasteiger partial charge in [0.2, 0.25) is 5.91 Å². The summed E-state index contributed by atoms with van der Waals surface area (Å²) < 4.78 is 2.02. The van der Waals surface area contributed by atoms with E-state index in [-0.39, 0.29) is 11.7 Å². The van der Waals surface area contributed by atoms with E-state index in [2.05, 4.69) is 47.6 Å². The zero-order valence-electron chi connectivity index (χ0n) is 16.7. The number of pyridine rings is 1. The van der Waals surface area contributed by atoms with Crippen LogP contribution in [0.3, 0.4) is 0 Å². The third-order valence-electron chi connectivity index (χ3n) is 5.51. The number of nitrogens with zero attached hydrogens (tertiary/aromatic N) is 4.